The summed E-state index contributed by atoms with van der Waals surface area (Å²) in [7, 11) is 0. The van der Waals surface area contributed by atoms with Gasteiger partial charge >= 0.3 is 0 Å². The quantitative estimate of drug-likeness (QED) is 0.726. The highest BCUT2D eigenvalue weighted by atomic mass is 35.5. The number of piperazine rings is 1. The van der Waals surface area contributed by atoms with E-state index in [1.54, 1.807) is 0 Å². The first-order valence-corrected chi connectivity index (χ1v) is 10.7. The van der Waals surface area contributed by atoms with E-state index in [4.69, 9.17) is 11.6 Å². The van der Waals surface area contributed by atoms with Crippen LogP contribution >= 0.6 is 11.6 Å². The number of hydrogen-bond acceptors (Lipinski definition) is 4. The van der Waals surface area contributed by atoms with Crippen LogP contribution in [0.1, 0.15) is 60.6 Å². The second-order valence-corrected chi connectivity index (χ2v) is 8.38. The van der Waals surface area contributed by atoms with Crippen molar-refractivity contribution >= 4 is 23.2 Å². The summed E-state index contributed by atoms with van der Waals surface area (Å²) < 4.78 is 1.92. The van der Waals surface area contributed by atoms with E-state index in [2.05, 4.69) is 22.1 Å². The lowest BCUT2D eigenvalue weighted by atomic mass is 10.1. The zero-order chi connectivity index (χ0) is 19.5. The molecule has 1 saturated carbocycles. The molecular weight excluding hydrogens is 374 g/mol. The van der Waals surface area contributed by atoms with Crippen molar-refractivity contribution in [2.24, 2.45) is 0 Å². The van der Waals surface area contributed by atoms with Gasteiger partial charge in [0, 0.05) is 36.9 Å². The molecule has 1 aliphatic carbocycles. The normalized spacial score (nSPS) is 18.9. The number of nitrogens with zero attached hydrogens (tertiary/aromatic N) is 5. The smallest absolute Gasteiger partial charge is 0.276 e. The summed E-state index contributed by atoms with van der Waals surface area (Å²) in [5, 5.41) is 9.21. The van der Waals surface area contributed by atoms with Crippen LogP contribution in [0.25, 0.3) is 0 Å². The Kier molecular flexibility index (Phi) is 5.85. The van der Waals surface area contributed by atoms with Crippen molar-refractivity contribution in [1.82, 2.24) is 19.9 Å². The van der Waals surface area contributed by atoms with Crippen molar-refractivity contribution in [1.29, 1.82) is 0 Å². The molecule has 1 saturated heterocycles. The summed E-state index contributed by atoms with van der Waals surface area (Å²) in [6.45, 7) is 5.05. The molecule has 7 heteroatoms. The minimum Gasteiger partial charge on any atom is -0.368 e. The van der Waals surface area contributed by atoms with Gasteiger partial charge in [-0.25, -0.2) is 4.68 Å². The van der Waals surface area contributed by atoms with Gasteiger partial charge in [0.25, 0.3) is 5.91 Å². The molecule has 150 valence electrons. The van der Waals surface area contributed by atoms with Crippen LogP contribution in [0.5, 0.6) is 0 Å². The number of carbonyl (C=O) groups is 1. The molecule has 0 radical (unpaired) electrons. The predicted molar refractivity (Wildman–Crippen MR) is 111 cm³/mol. The third kappa shape index (κ3) is 4.17. The summed E-state index contributed by atoms with van der Waals surface area (Å²) in [5.74, 6) is -0.0117. The average molecular weight is 402 g/mol. The Bertz CT molecular complexity index is 820. The molecule has 4 rings (SSSR count). The minimum atomic E-state index is -0.0117. The van der Waals surface area contributed by atoms with Crippen molar-refractivity contribution < 1.29 is 4.79 Å². The van der Waals surface area contributed by atoms with Gasteiger partial charge in [-0.2, -0.15) is 0 Å². The molecule has 0 bridgehead atoms. The monoisotopic (exact) mass is 401 g/mol. The van der Waals surface area contributed by atoms with Gasteiger partial charge in [0.1, 0.15) is 0 Å². The van der Waals surface area contributed by atoms with Crippen LogP contribution in [0.3, 0.4) is 0 Å². The fourth-order valence-corrected chi connectivity index (χ4v) is 4.48. The number of hydrogen-bond donors (Lipinski definition) is 0. The van der Waals surface area contributed by atoms with Crippen LogP contribution in [-0.2, 0) is 0 Å². The fourth-order valence-electron chi connectivity index (χ4n) is 4.31. The van der Waals surface area contributed by atoms with Crippen LogP contribution in [-0.4, -0.2) is 52.0 Å². The number of rotatable bonds is 3. The van der Waals surface area contributed by atoms with Gasteiger partial charge < -0.3 is 9.80 Å². The van der Waals surface area contributed by atoms with Gasteiger partial charge in [-0.15, -0.1) is 5.10 Å². The lowest BCUT2D eigenvalue weighted by Gasteiger charge is -2.36. The molecule has 1 amide bonds. The zero-order valence-electron chi connectivity index (χ0n) is 16.5. The van der Waals surface area contributed by atoms with E-state index in [-0.39, 0.29) is 5.91 Å². The van der Waals surface area contributed by atoms with Gasteiger partial charge in [0.2, 0.25) is 0 Å². The number of amides is 1. The lowest BCUT2D eigenvalue weighted by molar-refractivity contribution is 0.0740. The lowest BCUT2D eigenvalue weighted by Crippen LogP contribution is -2.49. The number of aromatic nitrogens is 3. The van der Waals surface area contributed by atoms with Crippen molar-refractivity contribution in [2.45, 2.75) is 51.5 Å². The Morgan fingerprint density at radius 1 is 1.07 bits per heavy atom. The maximum absolute atomic E-state index is 12.9. The molecule has 0 spiro atoms. The minimum absolute atomic E-state index is 0.0117. The molecular formula is C21H28ClN5O. The van der Waals surface area contributed by atoms with Crippen molar-refractivity contribution in [3.63, 3.8) is 0 Å². The van der Waals surface area contributed by atoms with Crippen LogP contribution in [0.2, 0.25) is 5.02 Å². The molecule has 2 aliphatic rings. The van der Waals surface area contributed by atoms with E-state index in [9.17, 15) is 4.79 Å². The van der Waals surface area contributed by atoms with E-state index < -0.39 is 0 Å². The molecule has 2 aromatic rings. The first-order valence-electron chi connectivity index (χ1n) is 10.3. The molecule has 1 aromatic carbocycles. The first kappa shape index (κ1) is 19.2. The average Bonchev–Trinajstić information content (AvgIpc) is 3.05. The molecule has 6 nitrogen and oxygen atoms in total. The third-order valence-corrected chi connectivity index (χ3v) is 6.24. The Balaban J connectivity index is 1.38. The number of benzene rings is 1. The first-order chi connectivity index (χ1) is 13.6. The summed E-state index contributed by atoms with van der Waals surface area (Å²) in [6, 6.07) is 6.35. The van der Waals surface area contributed by atoms with Gasteiger partial charge in [0.05, 0.1) is 12.2 Å². The fraction of sp³-hybridized carbons (Fsp3) is 0.571. The zero-order valence-corrected chi connectivity index (χ0v) is 17.2. The Hall–Kier alpha value is -2.08. The number of halogens is 1. The van der Waals surface area contributed by atoms with Crippen LogP contribution in [0.15, 0.2) is 24.4 Å². The largest absolute Gasteiger partial charge is 0.368 e. The van der Waals surface area contributed by atoms with Crippen LogP contribution in [0.4, 0.5) is 5.69 Å². The molecule has 2 fully saturated rings. The van der Waals surface area contributed by atoms with Crippen molar-refractivity contribution in [3.05, 3.63) is 40.7 Å². The van der Waals surface area contributed by atoms with E-state index in [0.717, 1.165) is 36.6 Å². The van der Waals surface area contributed by atoms with E-state index in [0.29, 0.717) is 24.8 Å². The van der Waals surface area contributed by atoms with Gasteiger partial charge in [-0.1, -0.05) is 48.6 Å². The molecule has 1 aliphatic heterocycles. The van der Waals surface area contributed by atoms with Gasteiger partial charge in [-0.3, -0.25) is 4.79 Å². The molecule has 0 unspecified atom stereocenters. The third-order valence-electron chi connectivity index (χ3n) is 6.01. The highest BCUT2D eigenvalue weighted by Crippen LogP contribution is 2.27. The molecule has 28 heavy (non-hydrogen) atoms. The van der Waals surface area contributed by atoms with Gasteiger partial charge in [-0.05, 0) is 37.5 Å². The standard InChI is InChI=1S/C21H28ClN5O/c1-16-8-9-17(22)14-20(16)25-10-12-26(13-11-25)21(28)19-15-27(24-23-19)18-6-4-2-3-5-7-18/h8-9,14-15,18H,2-7,10-13H2,1H3. The van der Waals surface area contributed by atoms with E-state index >= 15 is 0 Å². The summed E-state index contributed by atoms with van der Waals surface area (Å²) in [5.41, 5.74) is 2.83. The van der Waals surface area contributed by atoms with Gasteiger partial charge in [0.15, 0.2) is 5.69 Å². The second kappa shape index (κ2) is 8.52. The topological polar surface area (TPSA) is 54.3 Å². The number of aryl methyl sites for hydroxylation is 1. The van der Waals surface area contributed by atoms with Crippen LogP contribution < -0.4 is 4.90 Å². The Morgan fingerprint density at radius 2 is 1.79 bits per heavy atom. The Labute approximate surface area is 171 Å². The summed E-state index contributed by atoms with van der Waals surface area (Å²) in [4.78, 5) is 17.1. The molecule has 0 N–H and O–H groups in total. The highest BCUT2D eigenvalue weighted by molar-refractivity contribution is 6.30. The predicted octanol–water partition coefficient (Wildman–Crippen LogP) is 4.10. The van der Waals surface area contributed by atoms with E-state index in [1.807, 2.05) is 34.0 Å². The number of anilines is 1. The molecule has 2 heterocycles. The maximum Gasteiger partial charge on any atom is 0.276 e. The summed E-state index contributed by atoms with van der Waals surface area (Å²) in [6.07, 6.45) is 9.19. The highest BCUT2D eigenvalue weighted by Gasteiger charge is 2.26. The molecule has 1 aromatic heterocycles. The summed E-state index contributed by atoms with van der Waals surface area (Å²) >= 11 is 6.16. The SMILES string of the molecule is Cc1ccc(Cl)cc1N1CCN(C(=O)c2cn(C3CCCCCC3)nn2)CC1. The van der Waals surface area contributed by atoms with Crippen molar-refractivity contribution in [2.75, 3.05) is 31.1 Å². The maximum atomic E-state index is 12.9. The molecule has 0 atom stereocenters. The van der Waals surface area contributed by atoms with E-state index in [1.165, 1.54) is 31.2 Å². The second-order valence-electron chi connectivity index (χ2n) is 7.94. The number of carbonyl (C=O) groups excluding carboxylic acids is 1. The van der Waals surface area contributed by atoms with Crippen molar-refractivity contribution in [3.8, 4) is 0 Å². The van der Waals surface area contributed by atoms with Crippen LogP contribution in [0, 0.1) is 6.92 Å². The Morgan fingerprint density at radius 3 is 2.50 bits per heavy atom.